The van der Waals surface area contributed by atoms with Gasteiger partial charge in [0.1, 0.15) is 12.0 Å². The molecule has 0 radical (unpaired) electrons. The Morgan fingerprint density at radius 2 is 2.12 bits per heavy atom. The number of aliphatic hydroxyl groups is 1. The van der Waals surface area contributed by atoms with Crippen molar-refractivity contribution in [2.75, 3.05) is 44.6 Å². The molecule has 1 atom stereocenters. The molecule has 1 saturated heterocycles. The number of nitrogens with zero attached hydrogens (tertiary/aromatic N) is 1. The van der Waals surface area contributed by atoms with E-state index in [0.29, 0.717) is 0 Å². The molecule has 1 unspecified atom stereocenters. The quantitative estimate of drug-likeness (QED) is 0.243. The molecule has 1 aromatic heterocycles. The van der Waals surface area contributed by atoms with Crippen LogP contribution >= 0.6 is 32.1 Å². The van der Waals surface area contributed by atoms with Crippen LogP contribution in [0.5, 0.6) is 5.75 Å². The summed E-state index contributed by atoms with van der Waals surface area (Å²) in [6, 6.07) is 7.64. The van der Waals surface area contributed by atoms with Gasteiger partial charge in [-0.15, -0.1) is 11.3 Å². The average molecular weight is 486 g/mol. The summed E-state index contributed by atoms with van der Waals surface area (Å²) in [7, 11) is 0. The second kappa shape index (κ2) is 8.32. The standard InChI is InChI=1S/C18H23IN4O2S/c24-13-4-3-12(18(25)21-7-10-23-8-5-20-6-9-23)15-16(13)22-17(19-15)14-2-1-11-26-14/h1-4,11,18,20-22,24-25H,5-10H2. The Balaban J connectivity index is 1.46. The second-order valence-electron chi connectivity index (χ2n) is 6.32. The molecule has 1 aromatic carbocycles. The van der Waals surface area contributed by atoms with Gasteiger partial charge in [-0.25, -0.2) is 0 Å². The summed E-state index contributed by atoms with van der Waals surface area (Å²) in [4.78, 5) is 3.61. The fourth-order valence-electron chi connectivity index (χ4n) is 3.16. The number of thiophene rings is 1. The number of rotatable bonds is 6. The molecule has 2 aliphatic rings. The lowest BCUT2D eigenvalue weighted by atomic mass is 10.1. The number of aliphatic hydroxyl groups excluding tert-OH is 1. The van der Waals surface area contributed by atoms with Crippen LogP contribution in [0.25, 0.3) is 0 Å². The summed E-state index contributed by atoms with van der Waals surface area (Å²) in [5, 5.41) is 32.9. The second-order valence-corrected chi connectivity index (χ2v) is 9.97. The minimum atomic E-state index is -0.712. The van der Waals surface area contributed by atoms with Crippen LogP contribution < -0.4 is 16.0 Å². The summed E-state index contributed by atoms with van der Waals surface area (Å²) in [5.41, 5.74) is 1.65. The lowest BCUT2D eigenvalue weighted by Crippen LogP contribution is -2.46. The first-order valence-corrected chi connectivity index (χ1v) is 11.8. The molecule has 0 saturated carbocycles. The number of hydrogen-bond donors (Lipinski definition) is 5. The van der Waals surface area contributed by atoms with Gasteiger partial charge in [-0.05, 0) is 17.5 Å². The normalized spacial score (nSPS) is 18.6. The minimum absolute atomic E-state index is 0.253. The first-order valence-electron chi connectivity index (χ1n) is 8.75. The van der Waals surface area contributed by atoms with Gasteiger partial charge in [0.2, 0.25) is 0 Å². The molecule has 1 fully saturated rings. The molecule has 4 rings (SSSR count). The highest BCUT2D eigenvalue weighted by Gasteiger charge is 2.24. The number of hydrogen-bond acceptors (Lipinski definition) is 7. The number of halogens is 1. The molecule has 2 aliphatic heterocycles. The maximum absolute atomic E-state index is 10.7. The van der Waals surface area contributed by atoms with E-state index in [4.69, 9.17) is 0 Å². The molecule has 0 aliphatic carbocycles. The highest BCUT2D eigenvalue weighted by molar-refractivity contribution is 14.2. The average Bonchev–Trinajstić information content (AvgIpc) is 3.33. The molecular formula is C18H23IN4O2S. The zero-order valence-corrected chi connectivity index (χ0v) is 17.3. The molecule has 2 aromatic rings. The van der Waals surface area contributed by atoms with E-state index in [1.807, 2.05) is 12.1 Å². The number of piperazine rings is 1. The van der Waals surface area contributed by atoms with Crippen LogP contribution in [0.1, 0.15) is 16.7 Å². The number of nitrogens with one attached hydrogen (secondary N) is 3. The van der Waals surface area contributed by atoms with Crippen molar-refractivity contribution in [1.82, 2.24) is 15.5 Å². The minimum Gasteiger partial charge on any atom is -0.506 e. The highest BCUT2D eigenvalue weighted by atomic mass is 127. The van der Waals surface area contributed by atoms with Gasteiger partial charge in [-0.2, -0.15) is 0 Å². The van der Waals surface area contributed by atoms with Gasteiger partial charge < -0.3 is 20.8 Å². The number of phenols is 1. The molecule has 0 spiro atoms. The van der Waals surface area contributed by atoms with Gasteiger partial charge in [-0.3, -0.25) is 10.2 Å². The van der Waals surface area contributed by atoms with Crippen LogP contribution in [0.3, 0.4) is 0 Å². The van der Waals surface area contributed by atoms with Crippen molar-refractivity contribution in [3.05, 3.63) is 43.7 Å². The lowest BCUT2D eigenvalue weighted by Gasteiger charge is -2.27. The third kappa shape index (κ3) is 3.95. The van der Waals surface area contributed by atoms with Gasteiger partial charge in [0.25, 0.3) is 0 Å². The summed E-state index contributed by atoms with van der Waals surface area (Å²) < 4.78 is 2.26. The van der Waals surface area contributed by atoms with Gasteiger partial charge >= 0.3 is 0 Å². The molecule has 8 heteroatoms. The number of fused-ring (bicyclic) bond motifs is 1. The third-order valence-electron chi connectivity index (χ3n) is 4.58. The summed E-state index contributed by atoms with van der Waals surface area (Å²) in [5.74, 6) is 0.253. The van der Waals surface area contributed by atoms with Gasteiger partial charge in [0.15, 0.2) is 0 Å². The molecule has 0 bridgehead atoms. The van der Waals surface area contributed by atoms with E-state index < -0.39 is 27.0 Å². The van der Waals surface area contributed by atoms with Crippen molar-refractivity contribution in [2.45, 2.75) is 6.23 Å². The molecule has 3 heterocycles. The zero-order valence-electron chi connectivity index (χ0n) is 14.3. The van der Waals surface area contributed by atoms with Crippen LogP contribution in [0.2, 0.25) is 0 Å². The van der Waals surface area contributed by atoms with Gasteiger partial charge in [0.05, 0.1) is 14.2 Å². The summed E-state index contributed by atoms with van der Waals surface area (Å²) in [6.45, 7) is 5.85. The smallest absolute Gasteiger partial charge is 0.140 e. The van der Waals surface area contributed by atoms with Crippen molar-refractivity contribution >= 4 is 41.4 Å². The summed E-state index contributed by atoms with van der Waals surface area (Å²) >= 11 is 1.24. The van der Waals surface area contributed by atoms with Crippen LogP contribution in [-0.4, -0.2) is 58.0 Å². The SMILES string of the molecule is Oc1ccc(C(O)NCCN2CCNCC2)c2c1NC(c1cccs1)=I2. The van der Waals surface area contributed by atoms with Crippen molar-refractivity contribution < 1.29 is 10.2 Å². The van der Waals surface area contributed by atoms with Crippen LogP contribution in [-0.2, 0) is 0 Å². The van der Waals surface area contributed by atoms with Crippen molar-refractivity contribution in [1.29, 1.82) is 0 Å². The summed E-state index contributed by atoms with van der Waals surface area (Å²) in [6.07, 6.45) is -0.712. The van der Waals surface area contributed by atoms with Crippen LogP contribution in [0, 0.1) is 3.57 Å². The third-order valence-corrected chi connectivity index (χ3v) is 8.93. The van der Waals surface area contributed by atoms with E-state index in [1.54, 1.807) is 17.4 Å². The first kappa shape index (κ1) is 18.3. The van der Waals surface area contributed by atoms with E-state index in [9.17, 15) is 10.2 Å². The Kier molecular flexibility index (Phi) is 5.87. The lowest BCUT2D eigenvalue weighted by molar-refractivity contribution is 0.130. The first-order chi connectivity index (χ1) is 12.7. The fourth-order valence-corrected chi connectivity index (χ4v) is 7.27. The zero-order chi connectivity index (χ0) is 17.9. The molecule has 26 heavy (non-hydrogen) atoms. The Bertz CT molecular complexity index is 791. The maximum atomic E-state index is 10.7. The number of benzene rings is 1. The Morgan fingerprint density at radius 3 is 2.88 bits per heavy atom. The fraction of sp³-hybridized carbons (Fsp3) is 0.389. The topological polar surface area (TPSA) is 79.8 Å². The predicted octanol–water partition coefficient (Wildman–Crippen LogP) is 1.68. The molecule has 5 N–H and O–H groups in total. The van der Waals surface area contributed by atoms with Crippen molar-refractivity contribution in [2.24, 2.45) is 0 Å². The monoisotopic (exact) mass is 486 g/mol. The maximum Gasteiger partial charge on any atom is 0.140 e. The highest BCUT2D eigenvalue weighted by Crippen LogP contribution is 2.42. The molecule has 0 amide bonds. The van der Waals surface area contributed by atoms with Gasteiger partial charge in [0, 0.05) is 48.4 Å². The van der Waals surface area contributed by atoms with Crippen LogP contribution in [0.15, 0.2) is 29.6 Å². The Labute approximate surface area is 167 Å². The van der Waals surface area contributed by atoms with E-state index >= 15 is 0 Å². The van der Waals surface area contributed by atoms with Crippen molar-refractivity contribution in [3.8, 4) is 5.75 Å². The number of anilines is 1. The van der Waals surface area contributed by atoms with Crippen molar-refractivity contribution in [3.63, 3.8) is 0 Å². The van der Waals surface area contributed by atoms with E-state index in [1.165, 1.54) is 8.51 Å². The van der Waals surface area contributed by atoms with E-state index in [2.05, 4.69) is 32.3 Å². The van der Waals surface area contributed by atoms with E-state index in [0.717, 1.165) is 54.1 Å². The van der Waals surface area contributed by atoms with E-state index in [-0.39, 0.29) is 5.75 Å². The molecule has 6 nitrogen and oxygen atoms in total. The Morgan fingerprint density at radius 1 is 1.27 bits per heavy atom. The molecule has 140 valence electrons. The van der Waals surface area contributed by atoms with Crippen LogP contribution in [0.4, 0.5) is 5.69 Å². The van der Waals surface area contributed by atoms with Gasteiger partial charge in [-0.1, -0.05) is 32.9 Å². The number of phenolic OH excluding ortho intramolecular Hbond substituents is 1. The predicted molar refractivity (Wildman–Crippen MR) is 115 cm³/mol. The number of aromatic hydroxyl groups is 1. The largest absolute Gasteiger partial charge is 0.506 e. The molecular weight excluding hydrogens is 463 g/mol. The Hall–Kier alpha value is -1.04.